The number of amides is 1. The summed E-state index contributed by atoms with van der Waals surface area (Å²) in [6.07, 6.45) is 0.859. The van der Waals surface area contributed by atoms with Crippen molar-refractivity contribution in [3.05, 3.63) is 51.8 Å². The van der Waals surface area contributed by atoms with Gasteiger partial charge in [-0.15, -0.1) is 0 Å². The number of nitrogens with zero attached hydrogens (tertiary/aromatic N) is 2. The molecule has 2 rings (SSSR count). The number of aryl methyl sites for hydroxylation is 3. The lowest BCUT2D eigenvalue weighted by Gasteiger charge is -2.07. The van der Waals surface area contributed by atoms with Crippen molar-refractivity contribution in [2.45, 2.75) is 26.8 Å². The van der Waals surface area contributed by atoms with Gasteiger partial charge in [0.25, 0.3) is 5.91 Å². The summed E-state index contributed by atoms with van der Waals surface area (Å²) in [6.45, 7) is 5.48. The molecule has 0 spiro atoms. The monoisotopic (exact) mass is 335 g/mol. The van der Waals surface area contributed by atoms with E-state index in [9.17, 15) is 4.79 Å². The molecule has 1 aromatic carbocycles. The van der Waals surface area contributed by atoms with Crippen LogP contribution in [-0.4, -0.2) is 22.2 Å². The molecule has 0 fully saturated rings. The maximum absolute atomic E-state index is 12.0. The number of carbonyl (C=O) groups is 1. The maximum atomic E-state index is 12.0. The standard InChI is InChI=1S/C15H18BrN3O/c1-11-10-12(2)19(18-11)9-5-8-17-15(20)13-6-3-4-7-14(13)16/h3-4,6-7,10H,5,8-9H2,1-2H3,(H,17,20). The summed E-state index contributed by atoms with van der Waals surface area (Å²) in [5.41, 5.74) is 2.85. The third kappa shape index (κ3) is 3.70. The van der Waals surface area contributed by atoms with Crippen LogP contribution >= 0.6 is 15.9 Å². The summed E-state index contributed by atoms with van der Waals surface area (Å²) in [5, 5.41) is 7.32. The van der Waals surface area contributed by atoms with Crippen LogP contribution in [0.25, 0.3) is 0 Å². The fourth-order valence-electron chi connectivity index (χ4n) is 2.07. The topological polar surface area (TPSA) is 46.9 Å². The molecular formula is C15H18BrN3O. The van der Waals surface area contributed by atoms with Gasteiger partial charge in [-0.2, -0.15) is 5.10 Å². The Labute approximate surface area is 127 Å². The second kappa shape index (κ2) is 6.70. The number of hydrogen-bond donors (Lipinski definition) is 1. The van der Waals surface area contributed by atoms with Crippen molar-refractivity contribution in [1.82, 2.24) is 15.1 Å². The largest absolute Gasteiger partial charge is 0.352 e. The summed E-state index contributed by atoms with van der Waals surface area (Å²) in [7, 11) is 0. The Morgan fingerprint density at radius 2 is 2.10 bits per heavy atom. The highest BCUT2D eigenvalue weighted by Gasteiger charge is 2.08. The minimum atomic E-state index is -0.0501. The zero-order valence-corrected chi connectivity index (χ0v) is 13.3. The smallest absolute Gasteiger partial charge is 0.252 e. The molecule has 0 aliphatic carbocycles. The first-order chi connectivity index (χ1) is 9.58. The SMILES string of the molecule is Cc1cc(C)n(CCCNC(=O)c2ccccc2Br)n1. The van der Waals surface area contributed by atoms with Crippen molar-refractivity contribution in [3.8, 4) is 0 Å². The highest BCUT2D eigenvalue weighted by Crippen LogP contribution is 2.15. The van der Waals surface area contributed by atoms with Crippen LogP contribution in [0.15, 0.2) is 34.8 Å². The number of halogens is 1. The minimum absolute atomic E-state index is 0.0501. The number of rotatable bonds is 5. The Balaban J connectivity index is 1.80. The lowest BCUT2D eigenvalue weighted by atomic mass is 10.2. The van der Waals surface area contributed by atoms with Gasteiger partial charge in [0.15, 0.2) is 0 Å². The van der Waals surface area contributed by atoms with E-state index in [2.05, 4.69) is 32.4 Å². The Kier molecular flexibility index (Phi) is 4.95. The summed E-state index contributed by atoms with van der Waals surface area (Å²) in [6, 6.07) is 9.48. The predicted molar refractivity (Wildman–Crippen MR) is 82.8 cm³/mol. The number of carbonyl (C=O) groups excluding carboxylic acids is 1. The van der Waals surface area contributed by atoms with Crippen molar-refractivity contribution >= 4 is 21.8 Å². The van der Waals surface area contributed by atoms with Crippen LogP contribution in [0.3, 0.4) is 0 Å². The number of hydrogen-bond acceptors (Lipinski definition) is 2. The van der Waals surface area contributed by atoms with Gasteiger partial charge in [-0.3, -0.25) is 9.48 Å². The van der Waals surface area contributed by atoms with Crippen LogP contribution in [-0.2, 0) is 6.54 Å². The van der Waals surface area contributed by atoms with E-state index in [4.69, 9.17) is 0 Å². The Hall–Kier alpha value is -1.62. The molecule has 0 aliphatic heterocycles. The highest BCUT2D eigenvalue weighted by molar-refractivity contribution is 9.10. The van der Waals surface area contributed by atoms with Crippen LogP contribution < -0.4 is 5.32 Å². The molecule has 0 unspecified atom stereocenters. The second-order valence-corrected chi connectivity index (χ2v) is 5.59. The normalized spacial score (nSPS) is 10.6. The van der Waals surface area contributed by atoms with Gasteiger partial charge in [-0.25, -0.2) is 0 Å². The molecule has 20 heavy (non-hydrogen) atoms. The lowest BCUT2D eigenvalue weighted by molar-refractivity contribution is 0.0952. The molecule has 1 amide bonds. The highest BCUT2D eigenvalue weighted by atomic mass is 79.9. The van der Waals surface area contributed by atoms with E-state index < -0.39 is 0 Å². The first kappa shape index (κ1) is 14.8. The minimum Gasteiger partial charge on any atom is -0.352 e. The summed E-state index contributed by atoms with van der Waals surface area (Å²) >= 11 is 3.38. The molecule has 5 heteroatoms. The molecule has 1 heterocycles. The second-order valence-electron chi connectivity index (χ2n) is 4.74. The van der Waals surface area contributed by atoms with E-state index in [0.717, 1.165) is 28.8 Å². The van der Waals surface area contributed by atoms with Crippen molar-refractivity contribution in [3.63, 3.8) is 0 Å². The van der Waals surface area contributed by atoms with E-state index in [1.165, 1.54) is 0 Å². The van der Waals surface area contributed by atoms with Gasteiger partial charge >= 0.3 is 0 Å². The van der Waals surface area contributed by atoms with Gasteiger partial charge < -0.3 is 5.32 Å². The fraction of sp³-hybridized carbons (Fsp3) is 0.333. The average molecular weight is 336 g/mol. The summed E-state index contributed by atoms with van der Waals surface area (Å²) in [4.78, 5) is 12.0. The Bertz CT molecular complexity index is 607. The molecule has 1 N–H and O–H groups in total. The molecule has 0 atom stereocenters. The first-order valence-electron chi connectivity index (χ1n) is 6.61. The van der Waals surface area contributed by atoms with Crippen LogP contribution in [0.4, 0.5) is 0 Å². The molecule has 0 aliphatic rings. The zero-order valence-electron chi connectivity index (χ0n) is 11.7. The molecule has 0 radical (unpaired) electrons. The van der Waals surface area contributed by atoms with E-state index in [-0.39, 0.29) is 5.91 Å². The van der Waals surface area contributed by atoms with E-state index in [0.29, 0.717) is 12.1 Å². The first-order valence-corrected chi connectivity index (χ1v) is 7.41. The van der Waals surface area contributed by atoms with Gasteiger partial charge in [-0.1, -0.05) is 12.1 Å². The molecule has 106 valence electrons. The van der Waals surface area contributed by atoms with Crippen LogP contribution in [0.5, 0.6) is 0 Å². The van der Waals surface area contributed by atoms with Crippen molar-refractivity contribution in [1.29, 1.82) is 0 Å². The number of benzene rings is 1. The summed E-state index contributed by atoms with van der Waals surface area (Å²) in [5.74, 6) is -0.0501. The molecule has 2 aromatic rings. The van der Waals surface area contributed by atoms with Crippen LogP contribution in [0.1, 0.15) is 28.2 Å². The van der Waals surface area contributed by atoms with Gasteiger partial charge in [0.2, 0.25) is 0 Å². The van der Waals surface area contributed by atoms with Gasteiger partial charge in [0.05, 0.1) is 11.3 Å². The van der Waals surface area contributed by atoms with Crippen molar-refractivity contribution in [2.24, 2.45) is 0 Å². The summed E-state index contributed by atoms with van der Waals surface area (Å²) < 4.78 is 2.79. The molecule has 0 saturated heterocycles. The average Bonchev–Trinajstić information content (AvgIpc) is 2.73. The fourth-order valence-corrected chi connectivity index (χ4v) is 2.54. The molecule has 4 nitrogen and oxygen atoms in total. The number of aromatic nitrogens is 2. The van der Waals surface area contributed by atoms with E-state index in [1.807, 2.05) is 36.7 Å². The van der Waals surface area contributed by atoms with Gasteiger partial charge in [-0.05, 0) is 54.4 Å². The Morgan fingerprint density at radius 1 is 1.35 bits per heavy atom. The number of nitrogens with one attached hydrogen (secondary N) is 1. The molecule has 0 bridgehead atoms. The molecule has 0 saturated carbocycles. The Morgan fingerprint density at radius 3 is 2.75 bits per heavy atom. The van der Waals surface area contributed by atoms with E-state index >= 15 is 0 Å². The third-order valence-electron chi connectivity index (χ3n) is 3.05. The van der Waals surface area contributed by atoms with Crippen molar-refractivity contribution < 1.29 is 4.79 Å². The third-order valence-corrected chi connectivity index (χ3v) is 3.75. The predicted octanol–water partition coefficient (Wildman–Crippen LogP) is 3.08. The van der Waals surface area contributed by atoms with Crippen molar-refractivity contribution in [2.75, 3.05) is 6.54 Å². The lowest BCUT2D eigenvalue weighted by Crippen LogP contribution is -2.25. The van der Waals surface area contributed by atoms with Gasteiger partial charge in [0, 0.05) is 23.3 Å². The molecule has 1 aromatic heterocycles. The van der Waals surface area contributed by atoms with Gasteiger partial charge in [0.1, 0.15) is 0 Å². The van der Waals surface area contributed by atoms with Crippen LogP contribution in [0, 0.1) is 13.8 Å². The van der Waals surface area contributed by atoms with Crippen LogP contribution in [0.2, 0.25) is 0 Å². The zero-order chi connectivity index (χ0) is 14.5. The quantitative estimate of drug-likeness (QED) is 0.853. The molecular weight excluding hydrogens is 318 g/mol. The van der Waals surface area contributed by atoms with E-state index in [1.54, 1.807) is 6.07 Å². The maximum Gasteiger partial charge on any atom is 0.252 e.